The van der Waals surface area contributed by atoms with Crippen molar-refractivity contribution in [2.24, 2.45) is 11.3 Å². The molecule has 0 spiro atoms. The summed E-state index contributed by atoms with van der Waals surface area (Å²) in [5.74, 6) is 0.588. The summed E-state index contributed by atoms with van der Waals surface area (Å²) in [5.41, 5.74) is 7.23. The van der Waals surface area contributed by atoms with Gasteiger partial charge >= 0.3 is 0 Å². The Morgan fingerprint density at radius 1 is 1.25 bits per heavy atom. The van der Waals surface area contributed by atoms with Crippen molar-refractivity contribution in [3.8, 4) is 0 Å². The number of nitrogens with two attached hydrogens (primary N) is 1. The van der Waals surface area contributed by atoms with Crippen LogP contribution in [0.2, 0.25) is 0 Å². The zero-order valence-electron chi connectivity index (χ0n) is 13.0. The van der Waals surface area contributed by atoms with Crippen molar-refractivity contribution < 1.29 is 4.39 Å². The Morgan fingerprint density at radius 2 is 2.00 bits per heavy atom. The lowest BCUT2D eigenvalue weighted by molar-refractivity contribution is 0.206. The van der Waals surface area contributed by atoms with E-state index in [1.54, 1.807) is 6.07 Å². The Bertz CT molecular complexity index is 451. The third kappa shape index (κ3) is 3.95. The molecular formula is C17H27FN2. The van der Waals surface area contributed by atoms with Gasteiger partial charge in [-0.3, -0.25) is 4.90 Å². The van der Waals surface area contributed by atoms with Gasteiger partial charge in [0.2, 0.25) is 0 Å². The van der Waals surface area contributed by atoms with Crippen LogP contribution < -0.4 is 5.73 Å². The van der Waals surface area contributed by atoms with Crippen LogP contribution in [0.5, 0.6) is 0 Å². The number of nitrogens with zero attached hydrogens (tertiary/aromatic N) is 1. The summed E-state index contributed by atoms with van der Waals surface area (Å²) in [7, 11) is 0. The predicted molar refractivity (Wildman–Crippen MR) is 82.9 cm³/mol. The topological polar surface area (TPSA) is 29.3 Å². The maximum absolute atomic E-state index is 13.9. The first-order chi connectivity index (χ1) is 9.36. The second-order valence-corrected chi connectivity index (χ2v) is 7.12. The Labute approximate surface area is 122 Å². The van der Waals surface area contributed by atoms with Crippen LogP contribution in [-0.2, 0) is 6.54 Å². The van der Waals surface area contributed by atoms with E-state index in [-0.39, 0.29) is 5.82 Å². The van der Waals surface area contributed by atoms with E-state index in [4.69, 9.17) is 5.73 Å². The molecule has 2 N–H and O–H groups in total. The van der Waals surface area contributed by atoms with Crippen molar-refractivity contribution in [2.45, 2.75) is 46.6 Å². The molecule has 1 aromatic carbocycles. The summed E-state index contributed by atoms with van der Waals surface area (Å²) >= 11 is 0. The largest absolute Gasteiger partial charge is 0.399 e. The summed E-state index contributed by atoms with van der Waals surface area (Å²) in [6.45, 7) is 9.80. The number of nitrogen functional groups attached to an aromatic ring is 1. The van der Waals surface area contributed by atoms with Gasteiger partial charge in [-0.1, -0.05) is 26.8 Å². The first-order valence-electron chi connectivity index (χ1n) is 7.62. The third-order valence-corrected chi connectivity index (χ3v) is 4.52. The molecule has 1 heterocycles. The van der Waals surface area contributed by atoms with E-state index in [2.05, 4.69) is 25.7 Å². The van der Waals surface area contributed by atoms with Crippen LogP contribution in [0.15, 0.2) is 18.2 Å². The molecule has 1 saturated heterocycles. The van der Waals surface area contributed by atoms with E-state index in [1.165, 1.54) is 25.3 Å². The van der Waals surface area contributed by atoms with Crippen LogP contribution in [0, 0.1) is 17.2 Å². The summed E-state index contributed by atoms with van der Waals surface area (Å²) in [6.07, 6.45) is 3.70. The fourth-order valence-corrected chi connectivity index (χ4v) is 3.11. The van der Waals surface area contributed by atoms with Crippen LogP contribution in [0.25, 0.3) is 0 Å². The Hall–Kier alpha value is -1.09. The highest BCUT2D eigenvalue weighted by Gasteiger charge is 2.27. The van der Waals surface area contributed by atoms with Crippen molar-refractivity contribution >= 4 is 5.69 Å². The fourth-order valence-electron chi connectivity index (χ4n) is 3.11. The van der Waals surface area contributed by atoms with Crippen molar-refractivity contribution in [3.63, 3.8) is 0 Å². The average molecular weight is 278 g/mol. The molecule has 1 aromatic rings. The van der Waals surface area contributed by atoms with Gasteiger partial charge in [0.05, 0.1) is 0 Å². The maximum atomic E-state index is 13.9. The van der Waals surface area contributed by atoms with Crippen LogP contribution in [0.3, 0.4) is 0 Å². The molecule has 20 heavy (non-hydrogen) atoms. The molecule has 0 radical (unpaired) electrons. The molecule has 3 heteroatoms. The molecule has 2 nitrogen and oxygen atoms in total. The monoisotopic (exact) mass is 278 g/mol. The van der Waals surface area contributed by atoms with Gasteiger partial charge in [0.15, 0.2) is 0 Å². The van der Waals surface area contributed by atoms with E-state index in [0.717, 1.165) is 24.6 Å². The van der Waals surface area contributed by atoms with Gasteiger partial charge in [0, 0.05) is 17.8 Å². The van der Waals surface area contributed by atoms with Gasteiger partial charge in [0.1, 0.15) is 5.82 Å². The molecule has 0 aliphatic carbocycles. The molecule has 1 aliphatic rings. The van der Waals surface area contributed by atoms with E-state index >= 15 is 0 Å². The number of rotatable bonds is 2. The standard InChI is InChI=1S/C17H27FN2/c1-17(2,3)14-5-4-9-20(10-8-14)12-13-6-7-15(19)11-16(13)18/h6-7,11,14H,4-5,8-10,12,19H2,1-3H3. The minimum Gasteiger partial charge on any atom is -0.399 e. The van der Waals surface area contributed by atoms with Crippen molar-refractivity contribution in [2.75, 3.05) is 18.8 Å². The molecule has 1 unspecified atom stereocenters. The van der Waals surface area contributed by atoms with E-state index in [9.17, 15) is 4.39 Å². The van der Waals surface area contributed by atoms with Gasteiger partial charge in [-0.05, 0) is 55.8 Å². The third-order valence-electron chi connectivity index (χ3n) is 4.52. The molecule has 2 rings (SSSR count). The molecule has 1 aliphatic heterocycles. The van der Waals surface area contributed by atoms with Gasteiger partial charge in [-0.15, -0.1) is 0 Å². The highest BCUT2D eigenvalue weighted by molar-refractivity contribution is 5.40. The molecule has 0 saturated carbocycles. The van der Waals surface area contributed by atoms with Crippen molar-refractivity contribution in [1.82, 2.24) is 4.90 Å². The minimum atomic E-state index is -0.179. The zero-order valence-corrected chi connectivity index (χ0v) is 13.0. The Kier molecular flexibility index (Phi) is 4.69. The average Bonchev–Trinajstić information content (AvgIpc) is 2.58. The van der Waals surface area contributed by atoms with Crippen LogP contribution >= 0.6 is 0 Å². The molecule has 0 aromatic heterocycles. The maximum Gasteiger partial charge on any atom is 0.129 e. The summed E-state index contributed by atoms with van der Waals surface area (Å²) in [5, 5.41) is 0. The lowest BCUT2D eigenvalue weighted by Gasteiger charge is -2.29. The summed E-state index contributed by atoms with van der Waals surface area (Å²) in [4.78, 5) is 2.38. The van der Waals surface area contributed by atoms with Gasteiger partial charge < -0.3 is 5.73 Å². The first-order valence-corrected chi connectivity index (χ1v) is 7.62. The smallest absolute Gasteiger partial charge is 0.129 e. The number of halogens is 1. The normalized spacial score (nSPS) is 21.7. The van der Waals surface area contributed by atoms with Crippen molar-refractivity contribution in [3.05, 3.63) is 29.6 Å². The molecule has 0 amide bonds. The molecule has 1 atom stereocenters. The van der Waals surface area contributed by atoms with E-state index < -0.39 is 0 Å². The lowest BCUT2D eigenvalue weighted by atomic mass is 9.77. The molecular weight excluding hydrogens is 251 g/mol. The molecule has 0 bridgehead atoms. The number of hydrogen-bond acceptors (Lipinski definition) is 2. The van der Waals surface area contributed by atoms with E-state index in [0.29, 0.717) is 17.6 Å². The van der Waals surface area contributed by atoms with Gasteiger partial charge in [-0.25, -0.2) is 4.39 Å². The second kappa shape index (κ2) is 6.13. The number of anilines is 1. The van der Waals surface area contributed by atoms with Gasteiger partial charge in [0.25, 0.3) is 0 Å². The number of hydrogen-bond donors (Lipinski definition) is 1. The first kappa shape index (κ1) is 15.3. The summed E-state index contributed by atoms with van der Waals surface area (Å²) < 4.78 is 13.9. The lowest BCUT2D eigenvalue weighted by Crippen LogP contribution is -2.26. The zero-order chi connectivity index (χ0) is 14.8. The molecule has 1 fully saturated rings. The fraction of sp³-hybridized carbons (Fsp3) is 0.647. The van der Waals surface area contributed by atoms with Gasteiger partial charge in [-0.2, -0.15) is 0 Å². The van der Waals surface area contributed by atoms with Crippen molar-refractivity contribution in [1.29, 1.82) is 0 Å². The molecule has 112 valence electrons. The summed E-state index contributed by atoms with van der Waals surface area (Å²) in [6, 6.07) is 5.02. The van der Waals surface area contributed by atoms with Crippen LogP contribution in [0.4, 0.5) is 10.1 Å². The predicted octanol–water partition coefficient (Wildman–Crippen LogP) is 4.06. The van der Waals surface area contributed by atoms with E-state index in [1.807, 2.05) is 6.07 Å². The van der Waals surface area contributed by atoms with Crippen LogP contribution in [-0.4, -0.2) is 18.0 Å². The highest BCUT2D eigenvalue weighted by Crippen LogP contribution is 2.34. The van der Waals surface area contributed by atoms with Crippen LogP contribution in [0.1, 0.15) is 45.6 Å². The number of likely N-dealkylation sites (tertiary alicyclic amines) is 1. The highest BCUT2D eigenvalue weighted by atomic mass is 19.1. The quantitative estimate of drug-likeness (QED) is 0.827. The Morgan fingerprint density at radius 3 is 2.65 bits per heavy atom. The Balaban J connectivity index is 1.97. The minimum absolute atomic E-state index is 0.179. The SMILES string of the molecule is CC(C)(C)C1CCCN(Cc2ccc(N)cc2F)CC1. The second-order valence-electron chi connectivity index (χ2n) is 7.12. The number of benzene rings is 1.